The zero-order valence-electron chi connectivity index (χ0n) is 14.8. The lowest BCUT2D eigenvalue weighted by Crippen LogP contribution is -2.15. The van der Waals surface area contributed by atoms with Crippen LogP contribution in [-0.2, 0) is 19.4 Å². The van der Waals surface area contributed by atoms with Gasteiger partial charge in [-0.3, -0.25) is 4.79 Å². The predicted octanol–water partition coefficient (Wildman–Crippen LogP) is 5.38. The highest BCUT2D eigenvalue weighted by atomic mass is 19.4. The first-order valence-corrected chi connectivity index (χ1v) is 8.13. The van der Waals surface area contributed by atoms with E-state index >= 15 is 0 Å². The topological polar surface area (TPSA) is 46.9 Å². The normalized spacial score (nSPS) is 12.1. The first-order valence-electron chi connectivity index (χ1n) is 8.13. The fraction of sp³-hybridized carbons (Fsp3) is 0.158. The van der Waals surface area contributed by atoms with Gasteiger partial charge in [-0.1, -0.05) is 12.1 Å². The molecule has 0 aliphatic heterocycles. The number of anilines is 1. The third-order valence-electron chi connectivity index (χ3n) is 4.16. The van der Waals surface area contributed by atoms with E-state index in [2.05, 4.69) is 10.3 Å². The van der Waals surface area contributed by atoms with Gasteiger partial charge in [0.2, 0.25) is 0 Å². The summed E-state index contributed by atoms with van der Waals surface area (Å²) in [5.74, 6) is -0.493. The van der Waals surface area contributed by atoms with Crippen molar-refractivity contribution in [3.05, 3.63) is 71.8 Å². The Morgan fingerprint density at radius 3 is 2.14 bits per heavy atom. The Morgan fingerprint density at radius 1 is 0.966 bits per heavy atom. The van der Waals surface area contributed by atoms with E-state index in [4.69, 9.17) is 0 Å². The maximum Gasteiger partial charge on any atom is 0.417 e. The number of hydrogen-bond donors (Lipinski definition) is 1. The Balaban J connectivity index is 1.94. The molecule has 29 heavy (non-hydrogen) atoms. The summed E-state index contributed by atoms with van der Waals surface area (Å²) in [6.07, 6.45) is -6.85. The minimum absolute atomic E-state index is 0.0676. The number of aromatic nitrogens is 2. The van der Waals surface area contributed by atoms with E-state index in [1.165, 1.54) is 41.4 Å². The van der Waals surface area contributed by atoms with Crippen LogP contribution in [0.25, 0.3) is 11.1 Å². The zero-order chi connectivity index (χ0) is 21.4. The summed E-state index contributed by atoms with van der Waals surface area (Å²) < 4.78 is 80.1. The van der Waals surface area contributed by atoms with Gasteiger partial charge < -0.3 is 9.88 Å². The molecule has 0 aliphatic rings. The fourth-order valence-corrected chi connectivity index (χ4v) is 2.71. The highest BCUT2D eigenvalue weighted by Gasteiger charge is 2.37. The van der Waals surface area contributed by atoms with Crippen LogP contribution in [0.1, 0.15) is 21.6 Å². The van der Waals surface area contributed by atoms with Crippen molar-refractivity contribution >= 4 is 11.6 Å². The number of hydrogen-bond acceptors (Lipinski definition) is 2. The molecular weight excluding hydrogens is 400 g/mol. The predicted molar refractivity (Wildman–Crippen MR) is 93.0 cm³/mol. The Hall–Kier alpha value is -3.30. The molecule has 1 heterocycles. The lowest BCUT2D eigenvalue weighted by molar-refractivity contribution is -0.141. The number of carbonyl (C=O) groups is 1. The van der Waals surface area contributed by atoms with Gasteiger partial charge >= 0.3 is 12.4 Å². The molecule has 3 aromatic rings. The minimum Gasteiger partial charge on any atom is -0.330 e. The summed E-state index contributed by atoms with van der Waals surface area (Å²) in [6.45, 7) is 0. The summed E-state index contributed by atoms with van der Waals surface area (Å²) >= 11 is 0. The first kappa shape index (κ1) is 20.4. The second kappa shape index (κ2) is 7.26. The van der Waals surface area contributed by atoms with Crippen LogP contribution in [0, 0.1) is 0 Å². The highest BCUT2D eigenvalue weighted by molar-refractivity contribution is 6.03. The molecule has 0 bridgehead atoms. The van der Waals surface area contributed by atoms with Crippen LogP contribution in [0.5, 0.6) is 0 Å². The highest BCUT2D eigenvalue weighted by Crippen LogP contribution is 2.40. The van der Waals surface area contributed by atoms with Gasteiger partial charge in [0.15, 0.2) is 0 Å². The van der Waals surface area contributed by atoms with Gasteiger partial charge in [0.1, 0.15) is 5.69 Å². The smallest absolute Gasteiger partial charge is 0.330 e. The number of imidazole rings is 1. The van der Waals surface area contributed by atoms with Crippen molar-refractivity contribution < 1.29 is 31.1 Å². The third-order valence-corrected chi connectivity index (χ3v) is 4.16. The molecule has 1 aromatic heterocycles. The Kier molecular flexibility index (Phi) is 5.12. The summed E-state index contributed by atoms with van der Waals surface area (Å²) in [4.78, 5) is 15.9. The lowest BCUT2D eigenvalue weighted by Gasteiger charge is -2.16. The Labute approximate surface area is 160 Å². The van der Waals surface area contributed by atoms with E-state index in [-0.39, 0.29) is 16.9 Å². The molecule has 0 saturated carbocycles. The van der Waals surface area contributed by atoms with E-state index in [1.54, 1.807) is 7.05 Å². The molecule has 0 radical (unpaired) electrons. The monoisotopic (exact) mass is 413 g/mol. The van der Waals surface area contributed by atoms with Crippen LogP contribution in [0.15, 0.2) is 55.0 Å². The molecule has 0 spiro atoms. The van der Waals surface area contributed by atoms with Gasteiger partial charge in [0.05, 0.1) is 23.7 Å². The van der Waals surface area contributed by atoms with Crippen molar-refractivity contribution in [3.8, 4) is 11.1 Å². The van der Waals surface area contributed by atoms with Crippen molar-refractivity contribution in [1.82, 2.24) is 9.55 Å². The molecular formula is C19H13F6N3O. The number of nitrogens with one attached hydrogen (secondary N) is 1. The number of nitrogens with zero attached hydrogens (tertiary/aromatic N) is 2. The van der Waals surface area contributed by atoms with Gasteiger partial charge in [-0.15, -0.1) is 0 Å². The van der Waals surface area contributed by atoms with Crippen LogP contribution in [0.2, 0.25) is 0 Å². The van der Waals surface area contributed by atoms with Crippen LogP contribution in [-0.4, -0.2) is 15.5 Å². The summed E-state index contributed by atoms with van der Waals surface area (Å²) in [6, 6.07) is 6.32. The molecule has 10 heteroatoms. The SMILES string of the molecule is Cn1cncc1C(=O)Nc1ccc(-c2cc(C(F)(F)F)ccc2C(F)(F)F)cc1. The van der Waals surface area contributed by atoms with Crippen molar-refractivity contribution in [2.24, 2.45) is 7.05 Å². The lowest BCUT2D eigenvalue weighted by atomic mass is 9.96. The number of halogens is 6. The van der Waals surface area contributed by atoms with Gasteiger partial charge in [-0.2, -0.15) is 26.3 Å². The molecule has 4 nitrogen and oxygen atoms in total. The number of aryl methyl sites for hydroxylation is 1. The third kappa shape index (κ3) is 4.41. The van der Waals surface area contributed by atoms with Crippen LogP contribution in [0.4, 0.5) is 32.0 Å². The molecule has 0 unspecified atom stereocenters. The molecule has 1 N–H and O–H groups in total. The van der Waals surface area contributed by atoms with Crippen LogP contribution >= 0.6 is 0 Å². The van der Waals surface area contributed by atoms with E-state index in [0.29, 0.717) is 18.2 Å². The largest absolute Gasteiger partial charge is 0.417 e. The molecule has 2 aromatic carbocycles. The van der Waals surface area contributed by atoms with E-state index in [9.17, 15) is 31.1 Å². The minimum atomic E-state index is -4.83. The Morgan fingerprint density at radius 2 is 1.62 bits per heavy atom. The number of amides is 1. The average Bonchev–Trinajstić information content (AvgIpc) is 3.06. The van der Waals surface area contributed by atoms with Gasteiger partial charge in [-0.25, -0.2) is 4.98 Å². The quantitative estimate of drug-likeness (QED) is 0.587. The molecule has 0 saturated heterocycles. The van der Waals surface area contributed by atoms with Crippen LogP contribution < -0.4 is 5.32 Å². The maximum absolute atomic E-state index is 13.3. The standard InChI is InChI=1S/C19H13F6N3O/c1-28-10-26-9-16(28)17(29)27-13-5-2-11(3-6-13)14-8-12(18(20,21)22)4-7-15(14)19(23,24)25/h2-10H,1H3,(H,27,29). The van der Waals surface area contributed by atoms with Crippen LogP contribution in [0.3, 0.4) is 0 Å². The van der Waals surface area contributed by atoms with Crippen molar-refractivity contribution in [1.29, 1.82) is 0 Å². The van der Waals surface area contributed by atoms with E-state index < -0.39 is 35.0 Å². The second-order valence-electron chi connectivity index (χ2n) is 6.18. The number of carbonyl (C=O) groups excluding carboxylic acids is 1. The number of alkyl halides is 6. The van der Waals surface area contributed by atoms with Crippen molar-refractivity contribution in [2.45, 2.75) is 12.4 Å². The maximum atomic E-state index is 13.3. The summed E-state index contributed by atoms with van der Waals surface area (Å²) in [5, 5.41) is 2.54. The van der Waals surface area contributed by atoms with Gasteiger partial charge in [0, 0.05) is 12.7 Å². The Bertz CT molecular complexity index is 1040. The van der Waals surface area contributed by atoms with E-state index in [0.717, 1.165) is 0 Å². The molecule has 3 rings (SSSR count). The summed E-state index contributed by atoms with van der Waals surface area (Å²) in [7, 11) is 1.61. The number of benzene rings is 2. The van der Waals surface area contributed by atoms with Crippen molar-refractivity contribution in [3.63, 3.8) is 0 Å². The van der Waals surface area contributed by atoms with Crippen molar-refractivity contribution in [2.75, 3.05) is 5.32 Å². The first-order chi connectivity index (χ1) is 13.5. The molecule has 0 atom stereocenters. The second-order valence-corrected chi connectivity index (χ2v) is 6.18. The molecule has 0 aliphatic carbocycles. The fourth-order valence-electron chi connectivity index (χ4n) is 2.71. The van der Waals surface area contributed by atoms with Gasteiger partial charge in [-0.05, 0) is 41.5 Å². The summed E-state index contributed by atoms with van der Waals surface area (Å²) in [5.41, 5.74) is -2.52. The van der Waals surface area contributed by atoms with E-state index in [1.807, 2.05) is 0 Å². The average molecular weight is 413 g/mol. The zero-order valence-corrected chi connectivity index (χ0v) is 14.8. The van der Waals surface area contributed by atoms with Gasteiger partial charge in [0.25, 0.3) is 5.91 Å². The molecule has 0 fully saturated rings. The molecule has 1 amide bonds. The number of rotatable bonds is 3. The molecule has 152 valence electrons.